The minimum Gasteiger partial charge on any atom is -0.466 e. The summed E-state index contributed by atoms with van der Waals surface area (Å²) in [4.78, 5) is 43.8. The summed E-state index contributed by atoms with van der Waals surface area (Å²) < 4.78 is 6.44. The van der Waals surface area contributed by atoms with Crippen molar-refractivity contribution < 1.29 is 14.3 Å². The Hall–Kier alpha value is -2.93. The van der Waals surface area contributed by atoms with Gasteiger partial charge in [-0.1, -0.05) is 11.6 Å². The highest BCUT2D eigenvalue weighted by Gasteiger charge is 2.28. The standard InChI is InChI=1S/C21H20ClN3O4/c1-2-29-21(28)13-7-9-24(10-8-13)19(26)14-3-6-18-23-17-5-4-15(22)11-16(17)20(27)25(18)12-14/h3-6,11-13H,2,7-10H2,1H3. The number of hydrogen-bond acceptors (Lipinski definition) is 5. The number of esters is 1. The van der Waals surface area contributed by atoms with E-state index in [9.17, 15) is 14.4 Å². The first-order chi connectivity index (χ1) is 14.0. The molecular weight excluding hydrogens is 394 g/mol. The number of rotatable bonds is 3. The van der Waals surface area contributed by atoms with Gasteiger partial charge < -0.3 is 9.64 Å². The molecule has 0 saturated carbocycles. The van der Waals surface area contributed by atoms with Gasteiger partial charge in [0, 0.05) is 24.3 Å². The van der Waals surface area contributed by atoms with Gasteiger partial charge in [-0.25, -0.2) is 4.98 Å². The SMILES string of the molecule is CCOC(=O)C1CCN(C(=O)c2ccc3nc4ccc(Cl)cc4c(=O)n3c2)CC1. The van der Waals surface area contributed by atoms with Crippen molar-refractivity contribution in [1.82, 2.24) is 14.3 Å². The Labute approximate surface area is 171 Å². The second-order valence-electron chi connectivity index (χ2n) is 7.04. The Bertz CT molecular complexity index is 1170. The second-order valence-corrected chi connectivity index (χ2v) is 7.48. The first kappa shape index (κ1) is 19.4. The van der Waals surface area contributed by atoms with Crippen LogP contribution in [0.4, 0.5) is 0 Å². The Morgan fingerprint density at radius 3 is 2.69 bits per heavy atom. The molecule has 1 fully saturated rings. The number of nitrogens with zero attached hydrogens (tertiary/aromatic N) is 3. The summed E-state index contributed by atoms with van der Waals surface area (Å²) in [5.41, 5.74) is 1.14. The molecule has 1 saturated heterocycles. The maximum atomic E-state index is 12.9. The molecule has 1 aliphatic heterocycles. The summed E-state index contributed by atoms with van der Waals surface area (Å²) in [5, 5.41) is 0.850. The number of piperidine rings is 1. The van der Waals surface area contributed by atoms with E-state index >= 15 is 0 Å². The van der Waals surface area contributed by atoms with Gasteiger partial charge in [0.2, 0.25) is 0 Å². The quantitative estimate of drug-likeness (QED) is 0.487. The van der Waals surface area contributed by atoms with E-state index in [4.69, 9.17) is 16.3 Å². The van der Waals surface area contributed by atoms with Crippen LogP contribution in [0.15, 0.2) is 41.3 Å². The largest absolute Gasteiger partial charge is 0.466 e. The third-order valence-electron chi connectivity index (χ3n) is 5.22. The number of benzene rings is 1. The van der Waals surface area contributed by atoms with E-state index in [0.29, 0.717) is 59.7 Å². The van der Waals surface area contributed by atoms with Gasteiger partial charge in [0.1, 0.15) is 5.65 Å². The van der Waals surface area contributed by atoms with Crippen molar-refractivity contribution in [2.45, 2.75) is 19.8 Å². The van der Waals surface area contributed by atoms with Gasteiger partial charge in [-0.3, -0.25) is 18.8 Å². The van der Waals surface area contributed by atoms with Crippen LogP contribution in [0.5, 0.6) is 0 Å². The Morgan fingerprint density at radius 1 is 1.21 bits per heavy atom. The van der Waals surface area contributed by atoms with Crippen LogP contribution >= 0.6 is 11.6 Å². The molecule has 1 aliphatic rings. The van der Waals surface area contributed by atoms with Gasteiger partial charge in [0.25, 0.3) is 11.5 Å². The van der Waals surface area contributed by atoms with E-state index in [1.165, 1.54) is 10.6 Å². The van der Waals surface area contributed by atoms with Crippen LogP contribution in [0, 0.1) is 5.92 Å². The number of carbonyl (C=O) groups is 2. The van der Waals surface area contributed by atoms with Crippen LogP contribution < -0.4 is 5.56 Å². The summed E-state index contributed by atoms with van der Waals surface area (Å²) >= 11 is 6.01. The van der Waals surface area contributed by atoms with Crippen molar-refractivity contribution in [3.63, 3.8) is 0 Å². The van der Waals surface area contributed by atoms with E-state index in [1.54, 1.807) is 42.2 Å². The maximum absolute atomic E-state index is 12.9. The molecule has 1 amide bonds. The number of carbonyl (C=O) groups excluding carboxylic acids is 2. The third-order valence-corrected chi connectivity index (χ3v) is 5.45. The van der Waals surface area contributed by atoms with E-state index in [2.05, 4.69) is 4.98 Å². The average molecular weight is 414 g/mol. The second kappa shape index (κ2) is 7.83. The number of fused-ring (bicyclic) bond motifs is 2. The van der Waals surface area contributed by atoms with Gasteiger partial charge in [0.05, 0.1) is 29.0 Å². The maximum Gasteiger partial charge on any atom is 0.309 e. The number of likely N-dealkylation sites (tertiary alicyclic amines) is 1. The number of aromatic nitrogens is 2. The Kier molecular flexibility index (Phi) is 5.24. The molecule has 0 N–H and O–H groups in total. The lowest BCUT2D eigenvalue weighted by atomic mass is 9.96. The number of halogens is 1. The average Bonchev–Trinajstić information content (AvgIpc) is 2.74. The topological polar surface area (TPSA) is 81.0 Å². The van der Waals surface area contributed by atoms with E-state index in [-0.39, 0.29) is 23.4 Å². The van der Waals surface area contributed by atoms with Crippen LogP contribution in [-0.2, 0) is 9.53 Å². The van der Waals surface area contributed by atoms with Gasteiger partial charge in [-0.2, -0.15) is 0 Å². The Morgan fingerprint density at radius 2 is 1.97 bits per heavy atom. The minimum atomic E-state index is -0.275. The molecular formula is C21H20ClN3O4. The van der Waals surface area contributed by atoms with Gasteiger partial charge >= 0.3 is 5.97 Å². The van der Waals surface area contributed by atoms with Gasteiger partial charge in [0.15, 0.2) is 0 Å². The van der Waals surface area contributed by atoms with Crippen molar-refractivity contribution in [1.29, 1.82) is 0 Å². The van der Waals surface area contributed by atoms with E-state index in [0.717, 1.165) is 0 Å². The van der Waals surface area contributed by atoms with Crippen LogP contribution in [0.1, 0.15) is 30.1 Å². The summed E-state index contributed by atoms with van der Waals surface area (Å²) in [6.45, 7) is 3.09. The fraction of sp³-hybridized carbons (Fsp3) is 0.333. The molecule has 0 radical (unpaired) electrons. The zero-order chi connectivity index (χ0) is 20.5. The fourth-order valence-electron chi connectivity index (χ4n) is 3.66. The molecule has 150 valence electrons. The molecule has 3 aromatic rings. The van der Waals surface area contributed by atoms with E-state index in [1.807, 2.05) is 0 Å². The molecule has 29 heavy (non-hydrogen) atoms. The third kappa shape index (κ3) is 3.70. The minimum absolute atomic E-state index is 0.168. The molecule has 1 aromatic carbocycles. The highest BCUT2D eigenvalue weighted by Crippen LogP contribution is 2.21. The van der Waals surface area contributed by atoms with Gasteiger partial charge in [-0.15, -0.1) is 0 Å². The molecule has 2 aromatic heterocycles. The number of amides is 1. The molecule has 8 heteroatoms. The summed E-state index contributed by atoms with van der Waals surface area (Å²) in [6.07, 6.45) is 2.66. The summed E-state index contributed by atoms with van der Waals surface area (Å²) in [5.74, 6) is -0.542. The molecule has 0 unspecified atom stereocenters. The fourth-order valence-corrected chi connectivity index (χ4v) is 3.84. The van der Waals surface area contributed by atoms with Crippen LogP contribution in [0.3, 0.4) is 0 Å². The molecule has 0 aliphatic carbocycles. The monoisotopic (exact) mass is 413 g/mol. The van der Waals surface area contributed by atoms with Crippen molar-refractivity contribution in [3.05, 3.63) is 57.5 Å². The molecule has 0 atom stereocenters. The first-order valence-corrected chi connectivity index (χ1v) is 9.93. The van der Waals surface area contributed by atoms with Crippen molar-refractivity contribution >= 4 is 40.0 Å². The lowest BCUT2D eigenvalue weighted by Crippen LogP contribution is -2.40. The summed E-state index contributed by atoms with van der Waals surface area (Å²) in [6, 6.07) is 8.29. The van der Waals surface area contributed by atoms with E-state index < -0.39 is 0 Å². The highest BCUT2D eigenvalue weighted by atomic mass is 35.5. The van der Waals surface area contributed by atoms with Gasteiger partial charge in [-0.05, 0) is 50.1 Å². The smallest absolute Gasteiger partial charge is 0.309 e. The molecule has 0 spiro atoms. The predicted octanol–water partition coefficient (Wildman–Crippen LogP) is 2.92. The lowest BCUT2D eigenvalue weighted by molar-refractivity contribution is -0.149. The number of hydrogen-bond donors (Lipinski definition) is 0. The molecule has 4 rings (SSSR count). The lowest BCUT2D eigenvalue weighted by Gasteiger charge is -2.31. The highest BCUT2D eigenvalue weighted by molar-refractivity contribution is 6.31. The normalized spacial score (nSPS) is 15.0. The van der Waals surface area contributed by atoms with Crippen molar-refractivity contribution in [3.8, 4) is 0 Å². The van der Waals surface area contributed by atoms with Crippen LogP contribution in [-0.4, -0.2) is 45.9 Å². The number of ether oxygens (including phenoxy) is 1. The van der Waals surface area contributed by atoms with Crippen molar-refractivity contribution in [2.75, 3.05) is 19.7 Å². The van der Waals surface area contributed by atoms with Crippen molar-refractivity contribution in [2.24, 2.45) is 5.92 Å². The van der Waals surface area contributed by atoms with Crippen LogP contribution in [0.2, 0.25) is 5.02 Å². The molecule has 7 nitrogen and oxygen atoms in total. The zero-order valence-corrected chi connectivity index (χ0v) is 16.7. The number of pyridine rings is 1. The molecule has 3 heterocycles. The molecule has 0 bridgehead atoms. The summed E-state index contributed by atoms with van der Waals surface area (Å²) in [7, 11) is 0. The zero-order valence-electron chi connectivity index (χ0n) is 15.9. The van der Waals surface area contributed by atoms with Crippen LogP contribution in [0.25, 0.3) is 16.6 Å². The first-order valence-electron chi connectivity index (χ1n) is 9.55. The predicted molar refractivity (Wildman–Crippen MR) is 109 cm³/mol. The Balaban J connectivity index is 1.60.